The molecule has 116 valence electrons. The maximum Gasteiger partial charge on any atom is 0.127 e. The number of aliphatic hydroxyl groups is 1. The van der Waals surface area contributed by atoms with Crippen molar-refractivity contribution in [2.45, 2.75) is 32.9 Å². The molecule has 2 atom stereocenters. The van der Waals surface area contributed by atoms with Gasteiger partial charge in [0.15, 0.2) is 0 Å². The first-order valence-corrected chi connectivity index (χ1v) is 7.49. The van der Waals surface area contributed by atoms with Gasteiger partial charge in [0.05, 0.1) is 23.7 Å². The van der Waals surface area contributed by atoms with Crippen LogP contribution in [-0.4, -0.2) is 46.3 Å². The van der Waals surface area contributed by atoms with Crippen LogP contribution in [0.1, 0.15) is 37.3 Å². The zero-order valence-corrected chi connectivity index (χ0v) is 13.4. The van der Waals surface area contributed by atoms with Crippen LogP contribution in [-0.2, 0) is 0 Å². The minimum absolute atomic E-state index is 0.124. The number of nitrogens with two attached hydrogens (primary N) is 1. The first-order valence-electron chi connectivity index (χ1n) is 7.49. The number of nitrogens with zero attached hydrogens (tertiary/aromatic N) is 3. The van der Waals surface area contributed by atoms with Crippen molar-refractivity contribution in [2.75, 3.05) is 26.7 Å². The Morgan fingerprint density at radius 2 is 2.10 bits per heavy atom. The summed E-state index contributed by atoms with van der Waals surface area (Å²) >= 11 is 0. The average Bonchev–Trinajstić information content (AvgIpc) is 2.84. The third kappa shape index (κ3) is 3.10. The lowest BCUT2D eigenvalue weighted by atomic mass is 10.2. The Hall–Kier alpha value is -1.43. The Bertz CT molecular complexity index is 608. The van der Waals surface area contributed by atoms with E-state index in [2.05, 4.69) is 48.4 Å². The van der Waals surface area contributed by atoms with Crippen LogP contribution in [0.5, 0.6) is 0 Å². The van der Waals surface area contributed by atoms with E-state index in [1.807, 2.05) is 7.05 Å². The molecule has 5 nitrogen and oxygen atoms in total. The lowest BCUT2D eigenvalue weighted by Crippen LogP contribution is -2.29. The summed E-state index contributed by atoms with van der Waals surface area (Å²) in [5.74, 6) is 1.00. The first-order chi connectivity index (χ1) is 9.99. The minimum atomic E-state index is 0.124. The highest BCUT2D eigenvalue weighted by Gasteiger charge is 2.22. The van der Waals surface area contributed by atoms with E-state index in [0.717, 1.165) is 16.9 Å². The van der Waals surface area contributed by atoms with E-state index in [-0.39, 0.29) is 18.7 Å². The normalized spacial score (nSPS) is 14.8. The minimum Gasteiger partial charge on any atom is -0.395 e. The summed E-state index contributed by atoms with van der Waals surface area (Å²) in [5.41, 5.74) is 9.22. The molecule has 1 heterocycles. The zero-order valence-electron chi connectivity index (χ0n) is 13.4. The molecule has 5 heteroatoms. The quantitative estimate of drug-likeness (QED) is 0.852. The Morgan fingerprint density at radius 3 is 2.71 bits per heavy atom. The standard InChI is InChI=1S/C16H26N4O/c1-11-5-6-15-14(9-11)18-16(20(15)12(2)10-17)13(3)19(4)7-8-21/h5-6,9,12-13,21H,7-8,10,17H2,1-4H3. The van der Waals surface area contributed by atoms with Gasteiger partial charge >= 0.3 is 0 Å². The van der Waals surface area contributed by atoms with E-state index in [1.54, 1.807) is 0 Å². The first kappa shape index (κ1) is 15.9. The number of benzene rings is 1. The highest BCUT2D eigenvalue weighted by atomic mass is 16.3. The van der Waals surface area contributed by atoms with Crippen molar-refractivity contribution in [3.63, 3.8) is 0 Å². The number of hydrogen-bond donors (Lipinski definition) is 2. The number of fused-ring (bicyclic) bond motifs is 1. The van der Waals surface area contributed by atoms with Crippen LogP contribution < -0.4 is 5.73 Å². The van der Waals surface area contributed by atoms with E-state index in [4.69, 9.17) is 15.8 Å². The van der Waals surface area contributed by atoms with E-state index < -0.39 is 0 Å². The van der Waals surface area contributed by atoms with Crippen LogP contribution in [0.4, 0.5) is 0 Å². The van der Waals surface area contributed by atoms with Gasteiger partial charge in [0.2, 0.25) is 0 Å². The molecule has 2 aromatic rings. The summed E-state index contributed by atoms with van der Waals surface area (Å²) in [5, 5.41) is 9.14. The fraction of sp³-hybridized carbons (Fsp3) is 0.562. The van der Waals surface area contributed by atoms with Crippen molar-refractivity contribution < 1.29 is 5.11 Å². The summed E-state index contributed by atoms with van der Waals surface area (Å²) in [6.45, 7) is 7.65. The van der Waals surface area contributed by atoms with E-state index in [1.165, 1.54) is 5.56 Å². The van der Waals surface area contributed by atoms with Crippen LogP contribution in [0.3, 0.4) is 0 Å². The topological polar surface area (TPSA) is 67.3 Å². The monoisotopic (exact) mass is 290 g/mol. The molecule has 0 saturated carbocycles. The lowest BCUT2D eigenvalue weighted by Gasteiger charge is -2.26. The van der Waals surface area contributed by atoms with Crippen molar-refractivity contribution in [3.8, 4) is 0 Å². The van der Waals surface area contributed by atoms with Crippen molar-refractivity contribution in [3.05, 3.63) is 29.6 Å². The van der Waals surface area contributed by atoms with Crippen LogP contribution in [0.15, 0.2) is 18.2 Å². The van der Waals surface area contributed by atoms with Crippen LogP contribution in [0.2, 0.25) is 0 Å². The highest BCUT2D eigenvalue weighted by molar-refractivity contribution is 5.77. The molecule has 3 N–H and O–H groups in total. The van der Waals surface area contributed by atoms with Gasteiger partial charge in [0, 0.05) is 19.1 Å². The molecule has 2 rings (SSSR count). The lowest BCUT2D eigenvalue weighted by molar-refractivity contribution is 0.181. The van der Waals surface area contributed by atoms with E-state index in [0.29, 0.717) is 13.1 Å². The summed E-state index contributed by atoms with van der Waals surface area (Å²) in [4.78, 5) is 6.93. The van der Waals surface area contributed by atoms with Crippen molar-refractivity contribution >= 4 is 11.0 Å². The average molecular weight is 290 g/mol. The van der Waals surface area contributed by atoms with Gasteiger partial charge < -0.3 is 15.4 Å². The second kappa shape index (κ2) is 6.56. The number of aryl methyl sites for hydroxylation is 1. The number of aliphatic hydroxyl groups excluding tert-OH is 1. The molecule has 0 fully saturated rings. The van der Waals surface area contributed by atoms with E-state index >= 15 is 0 Å². The van der Waals surface area contributed by atoms with Gasteiger partial charge in [-0.15, -0.1) is 0 Å². The fourth-order valence-corrected chi connectivity index (χ4v) is 2.64. The molecule has 0 aliphatic heterocycles. The summed E-state index contributed by atoms with van der Waals surface area (Å²) < 4.78 is 2.23. The molecule has 21 heavy (non-hydrogen) atoms. The second-order valence-electron chi connectivity index (χ2n) is 5.80. The maximum absolute atomic E-state index is 9.14. The molecule has 0 bridgehead atoms. The molecule has 1 aromatic heterocycles. The highest BCUT2D eigenvalue weighted by Crippen LogP contribution is 2.27. The summed E-state index contributed by atoms with van der Waals surface area (Å²) in [6.07, 6.45) is 0. The van der Waals surface area contributed by atoms with Gasteiger partial charge in [0.1, 0.15) is 5.82 Å². The molecule has 0 saturated heterocycles. The van der Waals surface area contributed by atoms with Gasteiger partial charge in [-0.2, -0.15) is 0 Å². The van der Waals surface area contributed by atoms with Crippen molar-refractivity contribution in [1.82, 2.24) is 14.5 Å². The third-order valence-electron chi connectivity index (χ3n) is 4.14. The predicted molar refractivity (Wildman–Crippen MR) is 86.4 cm³/mol. The van der Waals surface area contributed by atoms with Crippen LogP contribution in [0, 0.1) is 6.92 Å². The van der Waals surface area contributed by atoms with Gasteiger partial charge in [-0.3, -0.25) is 4.90 Å². The number of aromatic nitrogens is 2. The smallest absolute Gasteiger partial charge is 0.127 e. The predicted octanol–water partition coefficient (Wildman–Crippen LogP) is 1.85. The molecule has 2 unspecified atom stereocenters. The Balaban J connectivity index is 2.55. The van der Waals surface area contributed by atoms with Crippen molar-refractivity contribution in [2.24, 2.45) is 5.73 Å². The Labute approximate surface area is 126 Å². The third-order valence-corrected chi connectivity index (χ3v) is 4.14. The molecule has 0 aliphatic carbocycles. The van der Waals surface area contributed by atoms with Crippen molar-refractivity contribution in [1.29, 1.82) is 0 Å². The van der Waals surface area contributed by atoms with E-state index in [9.17, 15) is 0 Å². The SMILES string of the molecule is Cc1ccc2c(c1)nc(C(C)N(C)CCO)n2C(C)CN. The number of imidazole rings is 1. The van der Waals surface area contributed by atoms with Gasteiger partial charge in [0.25, 0.3) is 0 Å². The molecular formula is C16H26N4O. The van der Waals surface area contributed by atoms with Crippen LogP contribution >= 0.6 is 0 Å². The molecule has 0 amide bonds. The number of likely N-dealkylation sites (N-methyl/N-ethyl adjacent to an activating group) is 1. The van der Waals surface area contributed by atoms with Crippen LogP contribution in [0.25, 0.3) is 11.0 Å². The molecule has 0 spiro atoms. The second-order valence-corrected chi connectivity index (χ2v) is 5.80. The summed E-state index contributed by atoms with van der Waals surface area (Å²) in [6, 6.07) is 6.65. The molecule has 1 aromatic carbocycles. The maximum atomic E-state index is 9.14. The molecular weight excluding hydrogens is 264 g/mol. The van der Waals surface area contributed by atoms with Gasteiger partial charge in [-0.25, -0.2) is 4.98 Å². The fourth-order valence-electron chi connectivity index (χ4n) is 2.64. The largest absolute Gasteiger partial charge is 0.395 e. The number of hydrogen-bond acceptors (Lipinski definition) is 4. The number of rotatable bonds is 6. The molecule has 0 aliphatic rings. The Kier molecular flexibility index (Phi) is 4.98. The Morgan fingerprint density at radius 1 is 1.38 bits per heavy atom. The molecule has 0 radical (unpaired) electrons. The van der Waals surface area contributed by atoms with Gasteiger partial charge in [-0.1, -0.05) is 6.07 Å². The zero-order chi connectivity index (χ0) is 15.6. The van der Waals surface area contributed by atoms with Gasteiger partial charge in [-0.05, 0) is 45.5 Å². The summed E-state index contributed by atoms with van der Waals surface area (Å²) in [7, 11) is 2.00.